The number of benzene rings is 2. The molecule has 5 nitrogen and oxygen atoms in total. The number of nitrogens with zero attached hydrogens (tertiary/aromatic N) is 1. The highest BCUT2D eigenvalue weighted by molar-refractivity contribution is 9.10. The van der Waals surface area contributed by atoms with Crippen molar-refractivity contribution in [1.82, 2.24) is 5.32 Å². The molecule has 2 aromatic rings. The summed E-state index contributed by atoms with van der Waals surface area (Å²) in [7, 11) is 0. The Balaban J connectivity index is 1.92. The van der Waals surface area contributed by atoms with Gasteiger partial charge in [0.1, 0.15) is 6.42 Å². The van der Waals surface area contributed by atoms with Gasteiger partial charge in [0.2, 0.25) is 5.91 Å². The fourth-order valence-electron chi connectivity index (χ4n) is 1.85. The van der Waals surface area contributed by atoms with Crippen LogP contribution in [-0.4, -0.2) is 11.8 Å². The van der Waals surface area contributed by atoms with Crippen LogP contribution >= 0.6 is 15.9 Å². The molecule has 0 saturated carbocycles. The van der Waals surface area contributed by atoms with Crippen LogP contribution in [-0.2, 0) is 11.3 Å². The zero-order chi connectivity index (χ0) is 16.7. The summed E-state index contributed by atoms with van der Waals surface area (Å²) in [6, 6.07) is 16.0. The van der Waals surface area contributed by atoms with Crippen molar-refractivity contribution in [2.24, 2.45) is 0 Å². The van der Waals surface area contributed by atoms with Crippen molar-refractivity contribution in [3.63, 3.8) is 0 Å². The van der Waals surface area contributed by atoms with Crippen molar-refractivity contribution in [3.8, 4) is 6.07 Å². The van der Waals surface area contributed by atoms with Crippen molar-refractivity contribution in [2.45, 2.75) is 13.0 Å². The molecule has 2 rings (SSSR count). The minimum atomic E-state index is -0.305. The van der Waals surface area contributed by atoms with Gasteiger partial charge in [-0.2, -0.15) is 5.26 Å². The molecule has 0 unspecified atom stereocenters. The number of anilines is 1. The van der Waals surface area contributed by atoms with E-state index in [1.165, 1.54) is 0 Å². The minimum Gasteiger partial charge on any atom is -0.351 e. The summed E-state index contributed by atoms with van der Waals surface area (Å²) in [6.07, 6.45) is -0.151. The van der Waals surface area contributed by atoms with E-state index in [0.29, 0.717) is 17.8 Å². The highest BCUT2D eigenvalue weighted by atomic mass is 79.9. The third-order valence-corrected chi connectivity index (χ3v) is 3.58. The van der Waals surface area contributed by atoms with Crippen LogP contribution in [0.1, 0.15) is 22.3 Å². The molecule has 2 aromatic carbocycles. The summed E-state index contributed by atoms with van der Waals surface area (Å²) in [4.78, 5) is 23.3. The van der Waals surface area contributed by atoms with Gasteiger partial charge in [0.25, 0.3) is 5.91 Å². The number of nitriles is 1. The van der Waals surface area contributed by atoms with Gasteiger partial charge in [-0.3, -0.25) is 9.59 Å². The summed E-state index contributed by atoms with van der Waals surface area (Å²) in [5, 5.41) is 13.9. The second kappa shape index (κ2) is 8.11. The van der Waals surface area contributed by atoms with Crippen molar-refractivity contribution in [1.29, 1.82) is 5.26 Å². The number of halogens is 1. The molecule has 116 valence electrons. The maximum absolute atomic E-state index is 12.1. The number of carbonyl (C=O) groups is 2. The monoisotopic (exact) mass is 371 g/mol. The predicted molar refractivity (Wildman–Crippen MR) is 90.6 cm³/mol. The predicted octanol–water partition coefficient (Wildman–Crippen LogP) is 3.23. The van der Waals surface area contributed by atoms with Crippen LogP contribution in [0.25, 0.3) is 0 Å². The van der Waals surface area contributed by atoms with E-state index in [1.54, 1.807) is 30.3 Å². The summed E-state index contributed by atoms with van der Waals surface area (Å²) < 4.78 is 0.914. The Labute approximate surface area is 142 Å². The van der Waals surface area contributed by atoms with Gasteiger partial charge in [-0.1, -0.05) is 28.1 Å². The van der Waals surface area contributed by atoms with Gasteiger partial charge in [-0.25, -0.2) is 0 Å². The summed E-state index contributed by atoms with van der Waals surface area (Å²) >= 11 is 3.32. The van der Waals surface area contributed by atoms with Gasteiger partial charge in [0.15, 0.2) is 0 Å². The Morgan fingerprint density at radius 2 is 1.70 bits per heavy atom. The molecular formula is C17H14BrN3O2. The van der Waals surface area contributed by atoms with E-state index in [4.69, 9.17) is 5.26 Å². The first-order chi connectivity index (χ1) is 11.1. The number of hydrogen-bond acceptors (Lipinski definition) is 3. The van der Waals surface area contributed by atoms with Crippen molar-refractivity contribution >= 4 is 33.4 Å². The summed E-state index contributed by atoms with van der Waals surface area (Å²) in [6.45, 7) is 0.349. The van der Waals surface area contributed by atoms with Crippen molar-refractivity contribution < 1.29 is 9.59 Å². The average Bonchev–Trinajstić information content (AvgIpc) is 2.55. The Hall–Kier alpha value is -2.65. The fraction of sp³-hybridized carbons (Fsp3) is 0.118. The Kier molecular flexibility index (Phi) is 5.89. The first kappa shape index (κ1) is 16.7. The van der Waals surface area contributed by atoms with E-state index in [2.05, 4.69) is 26.6 Å². The molecule has 0 saturated heterocycles. The highest BCUT2D eigenvalue weighted by Gasteiger charge is 2.06. The van der Waals surface area contributed by atoms with Crippen LogP contribution in [0.15, 0.2) is 53.0 Å². The van der Waals surface area contributed by atoms with E-state index < -0.39 is 0 Å². The Bertz CT molecular complexity index is 734. The first-order valence-corrected chi connectivity index (χ1v) is 7.67. The van der Waals surface area contributed by atoms with E-state index >= 15 is 0 Å². The van der Waals surface area contributed by atoms with E-state index in [-0.39, 0.29) is 18.2 Å². The smallest absolute Gasteiger partial charge is 0.255 e. The molecule has 0 spiro atoms. The summed E-state index contributed by atoms with van der Waals surface area (Å²) in [5.74, 6) is -0.493. The molecule has 0 aromatic heterocycles. The van der Waals surface area contributed by atoms with Gasteiger partial charge in [0.05, 0.1) is 6.07 Å². The molecule has 6 heteroatoms. The molecule has 23 heavy (non-hydrogen) atoms. The van der Waals surface area contributed by atoms with Crippen LogP contribution < -0.4 is 10.6 Å². The molecule has 0 fully saturated rings. The minimum absolute atomic E-state index is 0.151. The average molecular weight is 372 g/mol. The lowest BCUT2D eigenvalue weighted by atomic mass is 10.2. The molecule has 0 aliphatic carbocycles. The maximum Gasteiger partial charge on any atom is 0.255 e. The standard InChI is InChI=1S/C17H14BrN3O2/c18-14-5-3-13(4-6-14)17(23)21-15-7-1-12(2-8-15)11-20-16(22)9-10-19/h1-8H,9,11H2,(H,20,22)(H,21,23). The second-order valence-electron chi connectivity index (χ2n) is 4.77. The molecule has 0 bridgehead atoms. The lowest BCUT2D eigenvalue weighted by molar-refractivity contribution is -0.120. The van der Waals surface area contributed by atoms with E-state index in [0.717, 1.165) is 10.0 Å². The largest absolute Gasteiger partial charge is 0.351 e. The second-order valence-corrected chi connectivity index (χ2v) is 5.69. The third kappa shape index (κ3) is 5.24. The zero-order valence-electron chi connectivity index (χ0n) is 12.2. The Morgan fingerprint density at radius 1 is 1.04 bits per heavy atom. The normalized spacial score (nSPS) is 9.74. The van der Waals surface area contributed by atoms with Crippen LogP contribution in [0.4, 0.5) is 5.69 Å². The topological polar surface area (TPSA) is 82.0 Å². The van der Waals surface area contributed by atoms with Gasteiger partial charge in [0, 0.05) is 22.3 Å². The van der Waals surface area contributed by atoms with Crippen LogP contribution in [0.2, 0.25) is 0 Å². The number of nitrogens with one attached hydrogen (secondary N) is 2. The number of amides is 2. The Morgan fingerprint density at radius 3 is 2.30 bits per heavy atom. The quantitative estimate of drug-likeness (QED) is 0.846. The molecular weight excluding hydrogens is 358 g/mol. The third-order valence-electron chi connectivity index (χ3n) is 3.05. The molecule has 0 heterocycles. The first-order valence-electron chi connectivity index (χ1n) is 6.88. The molecule has 2 N–H and O–H groups in total. The van der Waals surface area contributed by atoms with Crippen LogP contribution in [0.5, 0.6) is 0 Å². The van der Waals surface area contributed by atoms with E-state index in [1.807, 2.05) is 24.3 Å². The zero-order valence-corrected chi connectivity index (χ0v) is 13.8. The molecule has 0 atom stereocenters. The number of rotatable bonds is 5. The molecule has 0 aliphatic rings. The highest BCUT2D eigenvalue weighted by Crippen LogP contribution is 2.14. The fourth-order valence-corrected chi connectivity index (χ4v) is 2.11. The van der Waals surface area contributed by atoms with Gasteiger partial charge in [-0.15, -0.1) is 0 Å². The van der Waals surface area contributed by atoms with Crippen molar-refractivity contribution in [2.75, 3.05) is 5.32 Å². The summed E-state index contributed by atoms with van der Waals surface area (Å²) in [5.41, 5.74) is 2.13. The van der Waals surface area contributed by atoms with E-state index in [9.17, 15) is 9.59 Å². The molecule has 2 amide bonds. The van der Waals surface area contributed by atoms with Crippen LogP contribution in [0.3, 0.4) is 0 Å². The van der Waals surface area contributed by atoms with Gasteiger partial charge >= 0.3 is 0 Å². The number of carbonyl (C=O) groups excluding carboxylic acids is 2. The maximum atomic E-state index is 12.1. The van der Waals surface area contributed by atoms with Crippen molar-refractivity contribution in [3.05, 3.63) is 64.1 Å². The number of hydrogen-bond donors (Lipinski definition) is 2. The molecule has 0 aliphatic heterocycles. The van der Waals surface area contributed by atoms with Crippen LogP contribution in [0, 0.1) is 11.3 Å². The molecule has 0 radical (unpaired) electrons. The lowest BCUT2D eigenvalue weighted by Gasteiger charge is -2.07. The van der Waals surface area contributed by atoms with Gasteiger partial charge < -0.3 is 10.6 Å². The SMILES string of the molecule is N#CCC(=O)NCc1ccc(NC(=O)c2ccc(Br)cc2)cc1. The lowest BCUT2D eigenvalue weighted by Crippen LogP contribution is -2.21. The van der Waals surface area contributed by atoms with Gasteiger partial charge in [-0.05, 0) is 42.0 Å².